The summed E-state index contributed by atoms with van der Waals surface area (Å²) in [5, 5.41) is 3.82. The zero-order chi connectivity index (χ0) is 20.9. The topological polar surface area (TPSA) is 67.6 Å². The molecule has 0 fully saturated rings. The highest BCUT2D eigenvalue weighted by Gasteiger charge is 2.21. The summed E-state index contributed by atoms with van der Waals surface area (Å²) < 4.78 is 11.8. The van der Waals surface area contributed by atoms with Crippen molar-refractivity contribution < 1.29 is 13.9 Å². The molecule has 0 aliphatic rings. The Hall–Kier alpha value is -3.80. The first-order chi connectivity index (χ1) is 14.6. The molecule has 152 valence electrons. The number of carbonyl (C=O) groups excluding carboxylic acids is 1. The number of nitrogens with zero attached hydrogens (tertiary/aromatic N) is 2. The zero-order valence-electron chi connectivity index (χ0n) is 17.0. The van der Waals surface area contributed by atoms with Gasteiger partial charge in [0, 0.05) is 43.4 Å². The summed E-state index contributed by atoms with van der Waals surface area (Å²) in [7, 11) is 3.85. The van der Waals surface area contributed by atoms with Crippen molar-refractivity contribution in [3.05, 3.63) is 89.8 Å². The van der Waals surface area contributed by atoms with Gasteiger partial charge in [-0.3, -0.25) is 4.79 Å². The Labute approximate surface area is 175 Å². The number of anilines is 1. The number of hydrogen-bond donors (Lipinski definition) is 1. The summed E-state index contributed by atoms with van der Waals surface area (Å²) in [6.45, 7) is 0.579. The second kappa shape index (κ2) is 8.69. The van der Waals surface area contributed by atoms with Crippen molar-refractivity contribution in [1.29, 1.82) is 0 Å². The van der Waals surface area contributed by atoms with Gasteiger partial charge in [-0.15, -0.1) is 0 Å². The van der Waals surface area contributed by atoms with Gasteiger partial charge in [0.15, 0.2) is 5.76 Å². The molecule has 0 aliphatic heterocycles. The average molecular weight is 401 g/mol. The van der Waals surface area contributed by atoms with Crippen LogP contribution in [0.4, 0.5) is 5.82 Å². The number of amides is 1. The Morgan fingerprint density at radius 2 is 1.80 bits per heavy atom. The predicted octanol–water partition coefficient (Wildman–Crippen LogP) is 4.40. The van der Waals surface area contributed by atoms with Crippen LogP contribution >= 0.6 is 0 Å². The van der Waals surface area contributed by atoms with E-state index in [-0.39, 0.29) is 18.3 Å². The molecular weight excluding hydrogens is 378 g/mol. The molecule has 0 saturated heterocycles. The van der Waals surface area contributed by atoms with Crippen molar-refractivity contribution in [2.24, 2.45) is 0 Å². The van der Waals surface area contributed by atoms with Crippen LogP contribution in [-0.2, 0) is 13.2 Å². The second-order valence-corrected chi connectivity index (χ2v) is 7.07. The van der Waals surface area contributed by atoms with E-state index in [9.17, 15) is 4.79 Å². The number of nitrogens with one attached hydrogen (secondary N) is 1. The van der Waals surface area contributed by atoms with Gasteiger partial charge in [-0.25, -0.2) is 4.98 Å². The quantitative estimate of drug-likeness (QED) is 0.497. The molecule has 0 aliphatic carbocycles. The highest BCUT2D eigenvalue weighted by atomic mass is 16.5. The number of ether oxygens (including phenoxy) is 1. The van der Waals surface area contributed by atoms with E-state index < -0.39 is 0 Å². The third-order valence-electron chi connectivity index (χ3n) is 4.76. The summed E-state index contributed by atoms with van der Waals surface area (Å²) in [5.41, 5.74) is 2.31. The first-order valence-corrected chi connectivity index (χ1v) is 9.71. The molecular formula is C24H23N3O3. The lowest BCUT2D eigenvalue weighted by molar-refractivity contribution is 0.0922. The van der Waals surface area contributed by atoms with Crippen molar-refractivity contribution in [3.63, 3.8) is 0 Å². The first kappa shape index (κ1) is 19.5. The van der Waals surface area contributed by atoms with Crippen molar-refractivity contribution in [1.82, 2.24) is 10.3 Å². The van der Waals surface area contributed by atoms with Crippen molar-refractivity contribution in [2.45, 2.75) is 13.2 Å². The Morgan fingerprint density at radius 1 is 1.03 bits per heavy atom. The molecule has 0 bridgehead atoms. The van der Waals surface area contributed by atoms with Crippen molar-refractivity contribution in [2.75, 3.05) is 19.0 Å². The summed E-state index contributed by atoms with van der Waals surface area (Å²) in [5.74, 6) is 1.53. The lowest BCUT2D eigenvalue weighted by Crippen LogP contribution is -2.25. The van der Waals surface area contributed by atoms with E-state index in [1.807, 2.05) is 85.7 Å². The predicted molar refractivity (Wildman–Crippen MR) is 117 cm³/mol. The second-order valence-electron chi connectivity index (χ2n) is 7.07. The highest BCUT2D eigenvalue weighted by molar-refractivity contribution is 5.99. The fraction of sp³-hybridized carbons (Fsp3) is 0.167. The number of aromatic nitrogens is 1. The zero-order valence-corrected chi connectivity index (χ0v) is 17.0. The maximum absolute atomic E-state index is 13.0. The highest BCUT2D eigenvalue weighted by Crippen LogP contribution is 2.27. The van der Waals surface area contributed by atoms with Crippen LogP contribution in [0.3, 0.4) is 0 Å². The molecule has 0 spiro atoms. The molecule has 2 aromatic heterocycles. The first-order valence-electron chi connectivity index (χ1n) is 9.71. The number of fused-ring (bicyclic) bond motifs is 1. The van der Waals surface area contributed by atoms with Gasteiger partial charge in [-0.05, 0) is 24.3 Å². The third-order valence-corrected chi connectivity index (χ3v) is 4.76. The third kappa shape index (κ3) is 4.12. The van der Waals surface area contributed by atoms with Gasteiger partial charge in [0.05, 0.1) is 0 Å². The molecule has 1 amide bonds. The standard InChI is InChI=1S/C24H23N3O3/c1-27(2)23-17(9-8-14-25-23)15-26-24(28)22-20(16-29-18-10-4-3-5-11-18)19-12-6-7-13-21(19)30-22/h3-14H,15-16H2,1-2H3,(H,26,28). The molecule has 0 radical (unpaired) electrons. The Bertz CT molecular complexity index is 1150. The van der Waals surface area contributed by atoms with Gasteiger partial charge >= 0.3 is 0 Å². The van der Waals surface area contributed by atoms with Crippen molar-refractivity contribution in [3.8, 4) is 5.75 Å². The minimum Gasteiger partial charge on any atom is -0.489 e. The number of pyridine rings is 1. The molecule has 0 saturated carbocycles. The van der Waals surface area contributed by atoms with E-state index in [0.29, 0.717) is 12.1 Å². The number of hydrogen-bond acceptors (Lipinski definition) is 5. The van der Waals surface area contributed by atoms with Gasteiger partial charge in [0.1, 0.15) is 23.8 Å². The minimum absolute atomic E-state index is 0.236. The molecule has 0 unspecified atom stereocenters. The average Bonchev–Trinajstić information content (AvgIpc) is 3.15. The largest absolute Gasteiger partial charge is 0.489 e. The smallest absolute Gasteiger partial charge is 0.287 e. The molecule has 6 heteroatoms. The van der Waals surface area contributed by atoms with Crippen LogP contribution in [0.1, 0.15) is 21.7 Å². The van der Waals surface area contributed by atoms with Crippen LogP contribution in [-0.4, -0.2) is 25.0 Å². The summed E-state index contributed by atoms with van der Waals surface area (Å²) in [4.78, 5) is 19.3. The maximum atomic E-state index is 13.0. The van der Waals surface area contributed by atoms with Crippen LogP contribution in [0.15, 0.2) is 77.3 Å². The lowest BCUT2D eigenvalue weighted by Gasteiger charge is -2.16. The maximum Gasteiger partial charge on any atom is 0.287 e. The van der Waals surface area contributed by atoms with E-state index in [4.69, 9.17) is 9.15 Å². The Morgan fingerprint density at radius 3 is 2.60 bits per heavy atom. The van der Waals surface area contributed by atoms with Crippen LogP contribution in [0.2, 0.25) is 0 Å². The van der Waals surface area contributed by atoms with E-state index >= 15 is 0 Å². The minimum atomic E-state index is -0.286. The molecule has 4 aromatic rings. The SMILES string of the molecule is CN(C)c1ncccc1CNC(=O)c1oc2ccccc2c1COc1ccccc1. The number of carbonyl (C=O) groups is 1. The monoisotopic (exact) mass is 401 g/mol. The molecule has 6 nitrogen and oxygen atoms in total. The van der Waals surface area contributed by atoms with E-state index in [0.717, 1.165) is 28.1 Å². The van der Waals surface area contributed by atoms with Crippen LogP contribution in [0.25, 0.3) is 11.0 Å². The van der Waals surface area contributed by atoms with Crippen LogP contribution in [0, 0.1) is 0 Å². The van der Waals surface area contributed by atoms with Gasteiger partial charge in [-0.2, -0.15) is 0 Å². The molecule has 2 aromatic carbocycles. The fourth-order valence-corrected chi connectivity index (χ4v) is 3.32. The summed E-state index contributed by atoms with van der Waals surface area (Å²) in [6, 6.07) is 20.9. The summed E-state index contributed by atoms with van der Waals surface area (Å²) in [6.07, 6.45) is 1.74. The normalized spacial score (nSPS) is 10.7. The molecule has 0 atom stereocenters. The van der Waals surface area contributed by atoms with Gasteiger partial charge in [0.2, 0.25) is 0 Å². The van der Waals surface area contributed by atoms with Gasteiger partial charge in [-0.1, -0.05) is 42.5 Å². The molecule has 30 heavy (non-hydrogen) atoms. The van der Waals surface area contributed by atoms with Crippen molar-refractivity contribution >= 4 is 22.7 Å². The molecule has 2 heterocycles. The number of rotatable bonds is 7. The van der Waals surface area contributed by atoms with Crippen LogP contribution in [0.5, 0.6) is 5.75 Å². The lowest BCUT2D eigenvalue weighted by atomic mass is 10.1. The Balaban J connectivity index is 1.58. The molecule has 1 N–H and O–H groups in total. The Kier molecular flexibility index (Phi) is 5.66. The van der Waals surface area contributed by atoms with Gasteiger partial charge < -0.3 is 19.4 Å². The van der Waals surface area contributed by atoms with Gasteiger partial charge in [0.25, 0.3) is 5.91 Å². The van der Waals surface area contributed by atoms with E-state index in [2.05, 4.69) is 10.3 Å². The number of furan rings is 1. The fourth-order valence-electron chi connectivity index (χ4n) is 3.32. The summed E-state index contributed by atoms with van der Waals surface area (Å²) >= 11 is 0. The number of benzene rings is 2. The number of para-hydroxylation sites is 2. The van der Waals surface area contributed by atoms with E-state index in [1.165, 1.54) is 0 Å². The molecule has 4 rings (SSSR count). The van der Waals surface area contributed by atoms with Crippen LogP contribution < -0.4 is 15.0 Å². The van der Waals surface area contributed by atoms with E-state index in [1.54, 1.807) is 6.20 Å².